The molecule has 0 aliphatic rings. The fraction of sp³-hybridized carbons (Fsp3) is 0.167. The second-order valence-electron chi connectivity index (χ2n) is 3.60. The Morgan fingerprint density at radius 3 is 2.58 bits per heavy atom. The van der Waals surface area contributed by atoms with Crippen LogP contribution in [0.3, 0.4) is 0 Å². The van der Waals surface area contributed by atoms with Crippen LogP contribution in [0.4, 0.5) is 26.1 Å². The number of halogens is 2. The smallest absolute Gasteiger partial charge is 0.191 e. The first kappa shape index (κ1) is 13.5. The van der Waals surface area contributed by atoms with E-state index < -0.39 is 11.6 Å². The SMILES string of the molecule is CNc1cc(Nc2cccc(F)c2F)nc(SC)n1. The van der Waals surface area contributed by atoms with Crippen LogP contribution in [-0.2, 0) is 0 Å². The zero-order valence-corrected chi connectivity index (χ0v) is 11.2. The van der Waals surface area contributed by atoms with Gasteiger partial charge in [-0.25, -0.2) is 18.7 Å². The number of anilines is 3. The number of rotatable bonds is 4. The molecule has 100 valence electrons. The lowest BCUT2D eigenvalue weighted by Crippen LogP contribution is -2.02. The van der Waals surface area contributed by atoms with E-state index in [4.69, 9.17) is 0 Å². The molecule has 0 aliphatic heterocycles. The average Bonchev–Trinajstić information content (AvgIpc) is 2.43. The van der Waals surface area contributed by atoms with E-state index in [1.807, 2.05) is 6.26 Å². The van der Waals surface area contributed by atoms with Gasteiger partial charge < -0.3 is 10.6 Å². The fourth-order valence-corrected chi connectivity index (χ4v) is 1.83. The van der Waals surface area contributed by atoms with Gasteiger partial charge in [-0.3, -0.25) is 0 Å². The maximum Gasteiger partial charge on any atom is 0.191 e. The monoisotopic (exact) mass is 282 g/mol. The van der Waals surface area contributed by atoms with Crippen LogP contribution >= 0.6 is 11.8 Å². The molecule has 2 N–H and O–H groups in total. The molecule has 0 saturated heterocycles. The first-order valence-corrected chi connectivity index (χ1v) is 6.68. The lowest BCUT2D eigenvalue weighted by molar-refractivity contribution is 0.511. The number of hydrogen-bond acceptors (Lipinski definition) is 5. The molecule has 0 bridgehead atoms. The topological polar surface area (TPSA) is 49.8 Å². The van der Waals surface area contributed by atoms with Crippen LogP contribution in [0.1, 0.15) is 0 Å². The van der Waals surface area contributed by atoms with Crippen molar-refractivity contribution in [1.29, 1.82) is 0 Å². The molecule has 1 aromatic heterocycles. The van der Waals surface area contributed by atoms with Crippen LogP contribution < -0.4 is 10.6 Å². The van der Waals surface area contributed by atoms with Crippen LogP contribution in [0.2, 0.25) is 0 Å². The normalized spacial score (nSPS) is 10.3. The van der Waals surface area contributed by atoms with Gasteiger partial charge in [0.25, 0.3) is 0 Å². The van der Waals surface area contributed by atoms with Gasteiger partial charge in [-0.2, -0.15) is 0 Å². The highest BCUT2D eigenvalue weighted by Crippen LogP contribution is 2.23. The van der Waals surface area contributed by atoms with Crippen molar-refractivity contribution in [3.63, 3.8) is 0 Å². The van der Waals surface area contributed by atoms with Crippen molar-refractivity contribution < 1.29 is 8.78 Å². The van der Waals surface area contributed by atoms with Crippen molar-refractivity contribution in [3.8, 4) is 0 Å². The lowest BCUT2D eigenvalue weighted by atomic mass is 10.3. The molecule has 19 heavy (non-hydrogen) atoms. The van der Waals surface area contributed by atoms with Crippen molar-refractivity contribution in [2.75, 3.05) is 23.9 Å². The van der Waals surface area contributed by atoms with Crippen molar-refractivity contribution in [1.82, 2.24) is 9.97 Å². The molecule has 0 amide bonds. The minimum absolute atomic E-state index is 0.0350. The zero-order chi connectivity index (χ0) is 13.8. The van der Waals surface area contributed by atoms with E-state index in [0.29, 0.717) is 16.8 Å². The fourth-order valence-electron chi connectivity index (χ4n) is 1.45. The van der Waals surface area contributed by atoms with Gasteiger partial charge in [-0.15, -0.1) is 0 Å². The van der Waals surface area contributed by atoms with Gasteiger partial charge in [0, 0.05) is 13.1 Å². The van der Waals surface area contributed by atoms with Crippen molar-refractivity contribution in [2.24, 2.45) is 0 Å². The van der Waals surface area contributed by atoms with E-state index in [-0.39, 0.29) is 5.69 Å². The Morgan fingerprint density at radius 1 is 1.16 bits per heavy atom. The molecule has 2 rings (SSSR count). The third-order valence-electron chi connectivity index (χ3n) is 2.36. The molecule has 0 spiro atoms. The van der Waals surface area contributed by atoms with Gasteiger partial charge in [0.05, 0.1) is 5.69 Å². The Balaban J connectivity index is 2.34. The lowest BCUT2D eigenvalue weighted by Gasteiger charge is -2.09. The standard InChI is InChI=1S/C12H12F2N4S/c1-15-9-6-10(18-12(17-9)19-2)16-8-5-3-4-7(13)11(8)14/h3-6H,1-2H3,(H2,15,16,17,18). The largest absolute Gasteiger partial charge is 0.373 e. The zero-order valence-electron chi connectivity index (χ0n) is 10.4. The number of thioether (sulfide) groups is 1. The van der Waals surface area contributed by atoms with Gasteiger partial charge in [-0.05, 0) is 18.4 Å². The highest BCUT2D eigenvalue weighted by molar-refractivity contribution is 7.98. The molecule has 1 heterocycles. The molecule has 1 aromatic carbocycles. The van der Waals surface area contributed by atoms with Crippen molar-refractivity contribution >= 4 is 29.1 Å². The molecule has 0 atom stereocenters. The summed E-state index contributed by atoms with van der Waals surface area (Å²) in [5.41, 5.74) is 0.0350. The molecule has 7 heteroatoms. The highest BCUT2D eigenvalue weighted by Gasteiger charge is 2.09. The molecule has 2 aromatic rings. The summed E-state index contributed by atoms with van der Waals surface area (Å²) < 4.78 is 26.7. The van der Waals surface area contributed by atoms with Gasteiger partial charge >= 0.3 is 0 Å². The number of benzene rings is 1. The van der Waals surface area contributed by atoms with E-state index in [1.165, 1.54) is 23.9 Å². The molecule has 0 radical (unpaired) electrons. The van der Waals surface area contributed by atoms with Crippen molar-refractivity contribution in [3.05, 3.63) is 35.9 Å². The summed E-state index contributed by atoms with van der Waals surface area (Å²) in [5, 5.41) is 6.16. The molecule has 4 nitrogen and oxygen atoms in total. The molecule has 0 aliphatic carbocycles. The Bertz CT molecular complexity index is 570. The summed E-state index contributed by atoms with van der Waals surface area (Å²) in [7, 11) is 1.72. The first-order chi connectivity index (χ1) is 9.13. The van der Waals surface area contributed by atoms with Gasteiger partial charge in [0.1, 0.15) is 11.6 Å². The maximum absolute atomic E-state index is 13.6. The van der Waals surface area contributed by atoms with E-state index in [2.05, 4.69) is 20.6 Å². The average molecular weight is 282 g/mol. The molecular weight excluding hydrogens is 270 g/mol. The number of nitrogens with zero attached hydrogens (tertiary/aromatic N) is 2. The van der Waals surface area contributed by atoms with E-state index in [9.17, 15) is 8.78 Å². The second kappa shape index (κ2) is 5.83. The van der Waals surface area contributed by atoms with Crippen LogP contribution in [0, 0.1) is 11.6 Å². The number of hydrogen-bond donors (Lipinski definition) is 2. The minimum atomic E-state index is -0.933. The molecule has 0 fully saturated rings. The summed E-state index contributed by atoms with van der Waals surface area (Å²) in [6, 6.07) is 5.55. The summed E-state index contributed by atoms with van der Waals surface area (Å²) in [4.78, 5) is 8.36. The Hall–Kier alpha value is -1.89. The van der Waals surface area contributed by atoms with Gasteiger partial charge in [0.15, 0.2) is 16.8 Å². The molecule has 0 saturated carbocycles. The van der Waals surface area contributed by atoms with Crippen LogP contribution in [0.25, 0.3) is 0 Å². The predicted molar refractivity (Wildman–Crippen MR) is 73.0 cm³/mol. The summed E-state index contributed by atoms with van der Waals surface area (Å²) in [6.45, 7) is 0. The summed E-state index contributed by atoms with van der Waals surface area (Å²) in [6.07, 6.45) is 1.83. The van der Waals surface area contributed by atoms with Crippen LogP contribution in [-0.4, -0.2) is 23.3 Å². The van der Waals surface area contributed by atoms with Crippen LogP contribution in [0.15, 0.2) is 29.4 Å². The molecular formula is C12H12F2N4S. The van der Waals surface area contributed by atoms with Gasteiger partial charge in [0.2, 0.25) is 0 Å². The third-order valence-corrected chi connectivity index (χ3v) is 2.91. The van der Waals surface area contributed by atoms with Crippen LogP contribution in [0.5, 0.6) is 0 Å². The molecule has 0 unspecified atom stereocenters. The Morgan fingerprint density at radius 2 is 1.89 bits per heavy atom. The summed E-state index contributed by atoms with van der Waals surface area (Å²) >= 11 is 1.36. The van der Waals surface area contributed by atoms with Crippen molar-refractivity contribution in [2.45, 2.75) is 5.16 Å². The predicted octanol–water partition coefficient (Wildman–Crippen LogP) is 3.26. The van der Waals surface area contributed by atoms with Gasteiger partial charge in [-0.1, -0.05) is 17.8 Å². The quantitative estimate of drug-likeness (QED) is 0.666. The van der Waals surface area contributed by atoms with E-state index >= 15 is 0 Å². The third kappa shape index (κ3) is 3.11. The number of aromatic nitrogens is 2. The summed E-state index contributed by atoms with van der Waals surface area (Å²) in [5.74, 6) is -0.845. The Labute approximate surface area is 113 Å². The van der Waals surface area contributed by atoms with E-state index in [0.717, 1.165) is 6.07 Å². The minimum Gasteiger partial charge on any atom is -0.373 e. The Kier molecular flexibility index (Phi) is 4.16. The number of nitrogens with one attached hydrogen (secondary N) is 2. The first-order valence-electron chi connectivity index (χ1n) is 5.46. The maximum atomic E-state index is 13.6. The second-order valence-corrected chi connectivity index (χ2v) is 4.37. The van der Waals surface area contributed by atoms with E-state index in [1.54, 1.807) is 13.1 Å². The highest BCUT2D eigenvalue weighted by atomic mass is 32.2.